The van der Waals surface area contributed by atoms with Crippen molar-refractivity contribution in [3.63, 3.8) is 0 Å². The molecule has 0 aromatic rings. The lowest BCUT2D eigenvalue weighted by molar-refractivity contribution is 0.186. The lowest BCUT2D eigenvalue weighted by Gasteiger charge is -2.14. The highest BCUT2D eigenvalue weighted by Crippen LogP contribution is 2.17. The van der Waals surface area contributed by atoms with E-state index in [2.05, 4.69) is 20.8 Å². The van der Waals surface area contributed by atoms with Crippen LogP contribution in [-0.4, -0.2) is 11.2 Å². The lowest BCUT2D eigenvalue weighted by Crippen LogP contribution is -2.08. The molecule has 0 bridgehead atoms. The molecule has 0 aliphatic heterocycles. The summed E-state index contributed by atoms with van der Waals surface area (Å²) in [5.41, 5.74) is 0. The first-order valence-electron chi connectivity index (χ1n) is 5.87. The Hall–Kier alpha value is -0.300. The molecule has 0 aromatic heterocycles. The quantitative estimate of drug-likeness (QED) is 0.617. The van der Waals surface area contributed by atoms with Crippen LogP contribution in [0.15, 0.2) is 12.2 Å². The molecule has 0 saturated carbocycles. The molecule has 0 spiro atoms. The fourth-order valence-corrected chi connectivity index (χ4v) is 1.71. The SMILES string of the molecule is CC=C[C@H](O)C[C@H](C)CCCC(C)C. The Kier molecular flexibility index (Phi) is 7.87. The van der Waals surface area contributed by atoms with Gasteiger partial charge in [-0.05, 0) is 25.2 Å². The van der Waals surface area contributed by atoms with Gasteiger partial charge in [-0.1, -0.05) is 52.2 Å². The normalized spacial score (nSPS) is 16.4. The van der Waals surface area contributed by atoms with E-state index in [-0.39, 0.29) is 6.10 Å². The number of allylic oxidation sites excluding steroid dienone is 1. The van der Waals surface area contributed by atoms with Crippen molar-refractivity contribution < 1.29 is 5.11 Å². The van der Waals surface area contributed by atoms with E-state index in [0.29, 0.717) is 5.92 Å². The third-order valence-corrected chi connectivity index (χ3v) is 2.54. The fraction of sp³-hybridized carbons (Fsp3) is 0.846. The summed E-state index contributed by atoms with van der Waals surface area (Å²) in [6, 6.07) is 0. The Balaban J connectivity index is 3.49. The summed E-state index contributed by atoms with van der Waals surface area (Å²) in [6.07, 6.45) is 8.31. The molecule has 0 aromatic carbocycles. The Morgan fingerprint density at radius 2 is 1.79 bits per heavy atom. The smallest absolute Gasteiger partial charge is 0.0723 e. The average molecular weight is 198 g/mol. The van der Waals surface area contributed by atoms with Crippen LogP contribution in [-0.2, 0) is 0 Å². The van der Waals surface area contributed by atoms with E-state index >= 15 is 0 Å². The molecule has 1 nitrogen and oxygen atoms in total. The third-order valence-electron chi connectivity index (χ3n) is 2.54. The molecule has 0 saturated heterocycles. The van der Waals surface area contributed by atoms with Gasteiger partial charge in [-0.3, -0.25) is 0 Å². The molecular formula is C13H26O. The van der Waals surface area contributed by atoms with Gasteiger partial charge in [-0.2, -0.15) is 0 Å². The maximum absolute atomic E-state index is 9.54. The van der Waals surface area contributed by atoms with Crippen molar-refractivity contribution >= 4 is 0 Å². The van der Waals surface area contributed by atoms with Crippen molar-refractivity contribution in [2.24, 2.45) is 11.8 Å². The molecular weight excluding hydrogens is 172 g/mol. The summed E-state index contributed by atoms with van der Waals surface area (Å²) >= 11 is 0. The molecule has 0 aliphatic rings. The van der Waals surface area contributed by atoms with E-state index in [1.165, 1.54) is 19.3 Å². The Morgan fingerprint density at radius 3 is 2.29 bits per heavy atom. The van der Waals surface area contributed by atoms with Gasteiger partial charge >= 0.3 is 0 Å². The third kappa shape index (κ3) is 8.31. The van der Waals surface area contributed by atoms with Gasteiger partial charge in [0, 0.05) is 0 Å². The molecule has 1 N–H and O–H groups in total. The van der Waals surface area contributed by atoms with Crippen LogP contribution in [0.5, 0.6) is 0 Å². The van der Waals surface area contributed by atoms with Gasteiger partial charge < -0.3 is 5.11 Å². The second kappa shape index (κ2) is 8.05. The highest BCUT2D eigenvalue weighted by atomic mass is 16.3. The maximum atomic E-state index is 9.54. The van der Waals surface area contributed by atoms with Gasteiger partial charge in [0.25, 0.3) is 0 Å². The maximum Gasteiger partial charge on any atom is 0.0723 e. The van der Waals surface area contributed by atoms with Crippen molar-refractivity contribution in [2.45, 2.75) is 59.5 Å². The molecule has 84 valence electrons. The van der Waals surface area contributed by atoms with Crippen molar-refractivity contribution in [3.8, 4) is 0 Å². The predicted octanol–water partition coefficient (Wildman–Crippen LogP) is 3.78. The molecule has 0 radical (unpaired) electrons. The minimum atomic E-state index is -0.242. The van der Waals surface area contributed by atoms with E-state index in [9.17, 15) is 5.11 Å². The van der Waals surface area contributed by atoms with Crippen molar-refractivity contribution in [3.05, 3.63) is 12.2 Å². The lowest BCUT2D eigenvalue weighted by atomic mass is 9.95. The van der Waals surface area contributed by atoms with Crippen LogP contribution < -0.4 is 0 Å². The topological polar surface area (TPSA) is 20.2 Å². The first kappa shape index (κ1) is 13.7. The average Bonchev–Trinajstić information content (AvgIpc) is 2.03. The van der Waals surface area contributed by atoms with Gasteiger partial charge in [0.05, 0.1) is 6.10 Å². The largest absolute Gasteiger partial charge is 0.389 e. The van der Waals surface area contributed by atoms with Crippen LogP contribution in [0.2, 0.25) is 0 Å². The van der Waals surface area contributed by atoms with E-state index in [1.807, 2.05) is 19.1 Å². The number of rotatable bonds is 7. The minimum absolute atomic E-state index is 0.242. The molecule has 14 heavy (non-hydrogen) atoms. The molecule has 0 rings (SSSR count). The fourth-order valence-electron chi connectivity index (χ4n) is 1.71. The molecule has 0 fully saturated rings. The Labute approximate surface area is 89.2 Å². The number of hydrogen-bond donors (Lipinski definition) is 1. The van der Waals surface area contributed by atoms with Gasteiger partial charge in [-0.25, -0.2) is 0 Å². The second-order valence-electron chi connectivity index (χ2n) is 4.76. The van der Waals surface area contributed by atoms with Gasteiger partial charge in [-0.15, -0.1) is 0 Å². The number of aliphatic hydroxyl groups is 1. The van der Waals surface area contributed by atoms with Crippen LogP contribution >= 0.6 is 0 Å². The highest BCUT2D eigenvalue weighted by Gasteiger charge is 2.07. The predicted molar refractivity (Wildman–Crippen MR) is 63.3 cm³/mol. The minimum Gasteiger partial charge on any atom is -0.389 e. The van der Waals surface area contributed by atoms with Crippen molar-refractivity contribution in [1.29, 1.82) is 0 Å². The summed E-state index contributed by atoms with van der Waals surface area (Å²) < 4.78 is 0. The molecule has 1 heteroatoms. The van der Waals surface area contributed by atoms with Crippen molar-refractivity contribution in [2.75, 3.05) is 0 Å². The van der Waals surface area contributed by atoms with E-state index < -0.39 is 0 Å². The van der Waals surface area contributed by atoms with Crippen molar-refractivity contribution in [1.82, 2.24) is 0 Å². The number of hydrogen-bond acceptors (Lipinski definition) is 1. The Morgan fingerprint density at radius 1 is 1.14 bits per heavy atom. The van der Waals surface area contributed by atoms with E-state index in [1.54, 1.807) is 0 Å². The molecule has 0 amide bonds. The van der Waals surface area contributed by atoms with Gasteiger partial charge in [0.2, 0.25) is 0 Å². The number of aliphatic hydroxyl groups excluding tert-OH is 1. The molecule has 2 atom stereocenters. The van der Waals surface area contributed by atoms with E-state index in [4.69, 9.17) is 0 Å². The Bertz CT molecular complexity index is 149. The summed E-state index contributed by atoms with van der Waals surface area (Å²) in [5.74, 6) is 1.45. The summed E-state index contributed by atoms with van der Waals surface area (Å²) in [7, 11) is 0. The van der Waals surface area contributed by atoms with Crippen LogP contribution in [0.1, 0.15) is 53.4 Å². The highest BCUT2D eigenvalue weighted by molar-refractivity contribution is 4.86. The second-order valence-corrected chi connectivity index (χ2v) is 4.76. The molecule has 0 aliphatic carbocycles. The van der Waals surface area contributed by atoms with Crippen LogP contribution in [0, 0.1) is 11.8 Å². The van der Waals surface area contributed by atoms with Gasteiger partial charge in [0.1, 0.15) is 0 Å². The van der Waals surface area contributed by atoms with Crippen LogP contribution in [0.3, 0.4) is 0 Å². The van der Waals surface area contributed by atoms with Gasteiger partial charge in [0.15, 0.2) is 0 Å². The monoisotopic (exact) mass is 198 g/mol. The zero-order chi connectivity index (χ0) is 11.0. The standard InChI is InChI=1S/C13H26O/c1-5-7-13(14)10-12(4)9-6-8-11(2)3/h5,7,11-14H,6,8-10H2,1-4H3/t12-,13+/m1/s1. The first-order chi connectivity index (χ1) is 6.56. The summed E-state index contributed by atoms with van der Waals surface area (Å²) in [6.45, 7) is 8.71. The summed E-state index contributed by atoms with van der Waals surface area (Å²) in [4.78, 5) is 0. The van der Waals surface area contributed by atoms with Crippen LogP contribution in [0.25, 0.3) is 0 Å². The molecule has 0 unspecified atom stereocenters. The zero-order valence-corrected chi connectivity index (χ0v) is 10.2. The molecule has 0 heterocycles. The van der Waals surface area contributed by atoms with E-state index in [0.717, 1.165) is 12.3 Å². The van der Waals surface area contributed by atoms with Crippen LogP contribution in [0.4, 0.5) is 0 Å². The first-order valence-corrected chi connectivity index (χ1v) is 5.87. The summed E-state index contributed by atoms with van der Waals surface area (Å²) in [5, 5.41) is 9.54. The zero-order valence-electron chi connectivity index (χ0n) is 10.2.